The van der Waals surface area contributed by atoms with Gasteiger partial charge < -0.3 is 10.3 Å². The topological polar surface area (TPSA) is 70.4 Å². The van der Waals surface area contributed by atoms with E-state index in [-0.39, 0.29) is 5.83 Å². The van der Waals surface area contributed by atoms with Crippen LogP contribution in [0.5, 0.6) is 0 Å². The molecule has 158 valence electrons. The highest BCUT2D eigenvalue weighted by atomic mass is 19.1. The molecule has 0 spiro atoms. The molecule has 0 saturated carbocycles. The van der Waals surface area contributed by atoms with E-state index in [1.807, 2.05) is 24.4 Å². The van der Waals surface area contributed by atoms with Crippen molar-refractivity contribution >= 4 is 34.7 Å². The van der Waals surface area contributed by atoms with Crippen molar-refractivity contribution in [3.05, 3.63) is 77.6 Å². The molecule has 4 rings (SSSR count). The molecular formula is C24H25FN6. The highest BCUT2D eigenvalue weighted by molar-refractivity contribution is 5.83. The van der Waals surface area contributed by atoms with Crippen LogP contribution in [0.4, 0.5) is 10.2 Å². The highest BCUT2D eigenvalue weighted by Gasteiger charge is 2.13. The number of aromatic nitrogens is 4. The van der Waals surface area contributed by atoms with Crippen LogP contribution in [0.3, 0.4) is 0 Å². The Morgan fingerprint density at radius 1 is 1.32 bits per heavy atom. The van der Waals surface area contributed by atoms with Crippen molar-refractivity contribution in [3.63, 3.8) is 0 Å². The lowest BCUT2D eigenvalue weighted by molar-refractivity contribution is 0.641. The minimum absolute atomic E-state index is 0.324. The Kier molecular flexibility index (Phi) is 5.93. The van der Waals surface area contributed by atoms with E-state index in [9.17, 15) is 4.39 Å². The van der Waals surface area contributed by atoms with Crippen LogP contribution in [-0.2, 0) is 12.8 Å². The zero-order valence-corrected chi connectivity index (χ0v) is 17.7. The summed E-state index contributed by atoms with van der Waals surface area (Å²) >= 11 is 0. The van der Waals surface area contributed by atoms with Gasteiger partial charge in [0.2, 0.25) is 0 Å². The number of rotatable bonds is 8. The van der Waals surface area contributed by atoms with Crippen molar-refractivity contribution in [2.75, 3.05) is 11.9 Å². The minimum atomic E-state index is -0.324. The van der Waals surface area contributed by atoms with Crippen molar-refractivity contribution in [3.8, 4) is 0 Å². The monoisotopic (exact) mass is 416 g/mol. The molecule has 0 atom stereocenters. The van der Waals surface area contributed by atoms with Gasteiger partial charge in [-0.1, -0.05) is 25.1 Å². The lowest BCUT2D eigenvalue weighted by Crippen LogP contribution is -2.10. The van der Waals surface area contributed by atoms with Crippen molar-refractivity contribution in [1.29, 1.82) is 0 Å². The molecule has 3 heterocycles. The Labute approximate surface area is 180 Å². The predicted molar refractivity (Wildman–Crippen MR) is 125 cm³/mol. The molecule has 1 aromatic carbocycles. The van der Waals surface area contributed by atoms with Crippen molar-refractivity contribution in [2.24, 2.45) is 4.99 Å². The third-order valence-corrected chi connectivity index (χ3v) is 5.18. The maximum Gasteiger partial charge on any atom is 0.161 e. The molecule has 0 aliphatic rings. The molecule has 0 fully saturated rings. The number of anilines is 1. The number of aryl methyl sites for hydroxylation is 1. The normalized spacial score (nSPS) is 12.6. The van der Waals surface area contributed by atoms with Gasteiger partial charge in [-0.25, -0.2) is 9.37 Å². The number of halogens is 1. The number of allylic oxidation sites excluding steroid dienone is 3. The number of H-pyrrole nitrogens is 1. The van der Waals surface area contributed by atoms with Gasteiger partial charge in [-0.15, -0.1) is 0 Å². The summed E-state index contributed by atoms with van der Waals surface area (Å²) in [6.45, 7) is 7.66. The zero-order chi connectivity index (χ0) is 21.8. The number of para-hydroxylation sites is 1. The minimum Gasteiger partial charge on any atom is -0.370 e. The average molecular weight is 417 g/mol. The molecule has 0 unspecified atom stereocenters. The fourth-order valence-electron chi connectivity index (χ4n) is 3.69. The number of hydrogen-bond donors (Lipinski definition) is 2. The number of hydrogen-bond acceptors (Lipinski definition) is 4. The standard InChI is InChI=1S/C24H25FN6/c1-4-17-15-29-31-23(12-22(30-24(17)31)19(13-26-3)11-16(2)25)27-10-9-18-14-28-21-8-6-5-7-20(18)21/h5-8,11-15,27-28H,3-4,9-10H2,1-2H3/b16-11+,19-13+. The molecule has 7 heteroatoms. The summed E-state index contributed by atoms with van der Waals surface area (Å²) in [5, 5.41) is 9.21. The van der Waals surface area contributed by atoms with E-state index in [1.54, 1.807) is 4.52 Å². The fraction of sp³-hybridized carbons (Fsp3) is 0.208. The van der Waals surface area contributed by atoms with Gasteiger partial charge in [0.25, 0.3) is 0 Å². The summed E-state index contributed by atoms with van der Waals surface area (Å²) < 4.78 is 15.4. The Bertz CT molecular complexity index is 1290. The second-order valence-electron chi connectivity index (χ2n) is 7.32. The first-order valence-electron chi connectivity index (χ1n) is 10.3. The van der Waals surface area contributed by atoms with Gasteiger partial charge in [0.1, 0.15) is 5.82 Å². The third-order valence-electron chi connectivity index (χ3n) is 5.18. The molecule has 2 N–H and O–H groups in total. The molecular weight excluding hydrogens is 391 g/mol. The number of aromatic amines is 1. The SMILES string of the molecule is C=N/C=C(\C=C(/C)F)c1cc(NCCc2c[nH]c3ccccc23)n2ncc(CC)c2n1. The Balaban J connectivity index is 1.67. The molecule has 4 aromatic rings. The molecule has 31 heavy (non-hydrogen) atoms. The second-order valence-corrected chi connectivity index (χ2v) is 7.32. The van der Waals surface area contributed by atoms with E-state index in [4.69, 9.17) is 4.98 Å². The zero-order valence-electron chi connectivity index (χ0n) is 17.7. The van der Waals surface area contributed by atoms with Crippen LogP contribution in [-0.4, -0.2) is 32.8 Å². The first-order valence-corrected chi connectivity index (χ1v) is 10.3. The Morgan fingerprint density at radius 3 is 2.94 bits per heavy atom. The number of fused-ring (bicyclic) bond motifs is 2. The lowest BCUT2D eigenvalue weighted by Gasteiger charge is -2.11. The molecule has 3 aromatic heterocycles. The van der Waals surface area contributed by atoms with E-state index in [1.165, 1.54) is 30.1 Å². The fourth-order valence-corrected chi connectivity index (χ4v) is 3.69. The molecule has 0 radical (unpaired) electrons. The van der Waals surface area contributed by atoms with E-state index in [0.29, 0.717) is 17.8 Å². The Morgan fingerprint density at radius 2 is 2.16 bits per heavy atom. The van der Waals surface area contributed by atoms with E-state index in [2.05, 4.69) is 52.4 Å². The van der Waals surface area contributed by atoms with Crippen LogP contribution in [0.25, 0.3) is 22.1 Å². The van der Waals surface area contributed by atoms with E-state index in [0.717, 1.165) is 35.4 Å². The van der Waals surface area contributed by atoms with Crippen LogP contribution in [0.1, 0.15) is 30.7 Å². The average Bonchev–Trinajstić information content (AvgIpc) is 3.37. The van der Waals surface area contributed by atoms with E-state index < -0.39 is 0 Å². The summed E-state index contributed by atoms with van der Waals surface area (Å²) in [6.07, 6.45) is 8.43. The van der Waals surface area contributed by atoms with Gasteiger partial charge in [0, 0.05) is 47.0 Å². The van der Waals surface area contributed by atoms with Crippen molar-refractivity contribution in [1.82, 2.24) is 19.6 Å². The Hall–Kier alpha value is -3.74. The number of aliphatic imine (C=N–C) groups is 1. The molecule has 0 aliphatic carbocycles. The van der Waals surface area contributed by atoms with Crippen LogP contribution >= 0.6 is 0 Å². The lowest BCUT2D eigenvalue weighted by atomic mass is 10.1. The summed E-state index contributed by atoms with van der Waals surface area (Å²) in [4.78, 5) is 11.9. The highest BCUT2D eigenvalue weighted by Crippen LogP contribution is 2.24. The van der Waals surface area contributed by atoms with Crippen molar-refractivity contribution < 1.29 is 4.39 Å². The predicted octanol–water partition coefficient (Wildman–Crippen LogP) is 5.34. The molecule has 0 aliphatic heterocycles. The van der Waals surface area contributed by atoms with Gasteiger partial charge in [-0.05, 0) is 44.2 Å². The second kappa shape index (κ2) is 8.95. The molecule has 6 nitrogen and oxygen atoms in total. The van der Waals surface area contributed by atoms with Crippen LogP contribution < -0.4 is 5.32 Å². The van der Waals surface area contributed by atoms with Gasteiger partial charge in [-0.3, -0.25) is 4.99 Å². The molecule has 0 bridgehead atoms. The van der Waals surface area contributed by atoms with Crippen LogP contribution in [0, 0.1) is 0 Å². The third kappa shape index (κ3) is 4.26. The smallest absolute Gasteiger partial charge is 0.161 e. The quantitative estimate of drug-likeness (QED) is 0.301. The maximum absolute atomic E-state index is 13.6. The first-order chi connectivity index (χ1) is 15.1. The number of nitrogens with zero attached hydrogens (tertiary/aromatic N) is 4. The maximum atomic E-state index is 13.6. The van der Waals surface area contributed by atoms with Gasteiger partial charge in [-0.2, -0.15) is 9.61 Å². The summed E-state index contributed by atoms with van der Waals surface area (Å²) in [6, 6.07) is 10.1. The van der Waals surface area contributed by atoms with Gasteiger partial charge in [0.15, 0.2) is 5.65 Å². The molecule has 0 amide bonds. The van der Waals surface area contributed by atoms with E-state index >= 15 is 0 Å². The summed E-state index contributed by atoms with van der Waals surface area (Å²) in [5.74, 6) is 0.467. The summed E-state index contributed by atoms with van der Waals surface area (Å²) in [5.41, 5.74) is 5.31. The number of nitrogens with one attached hydrogen (secondary N) is 2. The van der Waals surface area contributed by atoms with Gasteiger partial charge >= 0.3 is 0 Å². The van der Waals surface area contributed by atoms with Crippen molar-refractivity contribution in [2.45, 2.75) is 26.7 Å². The van der Waals surface area contributed by atoms with Crippen LogP contribution in [0.15, 0.2) is 65.8 Å². The largest absolute Gasteiger partial charge is 0.370 e. The van der Waals surface area contributed by atoms with Gasteiger partial charge in [0.05, 0.1) is 17.7 Å². The van der Waals surface area contributed by atoms with Crippen LogP contribution in [0.2, 0.25) is 0 Å². The first kappa shape index (κ1) is 20.5. The molecule has 0 saturated heterocycles. The summed E-state index contributed by atoms with van der Waals surface area (Å²) in [7, 11) is 0. The number of benzene rings is 1.